The monoisotopic (exact) mass is 477 g/mol. The maximum Gasteiger partial charge on any atom is 0.369 e. The van der Waals surface area contributed by atoms with Crippen LogP contribution in [0.1, 0.15) is 59.4 Å². The standard InChI is InChI=1S/C26H27N3O4S/c1-3-32-23(30)22-28-24(29-34-22)26(13-12-16(2)27-15-26)25(31)33-14-21-19-10-6-4-8-17(19)18-9-5-7-11-20(18)21/h4-11,16,21,27H,3,12-15H2,1-2H3/t16-,26-/m1/s1. The first-order chi connectivity index (χ1) is 16.5. The molecule has 8 heteroatoms. The molecule has 5 rings (SSSR count). The van der Waals surface area contributed by atoms with E-state index in [9.17, 15) is 9.59 Å². The van der Waals surface area contributed by atoms with Crippen molar-refractivity contribution < 1.29 is 19.1 Å². The van der Waals surface area contributed by atoms with Gasteiger partial charge in [-0.3, -0.25) is 4.79 Å². The summed E-state index contributed by atoms with van der Waals surface area (Å²) < 4.78 is 15.5. The van der Waals surface area contributed by atoms with E-state index in [-0.39, 0.29) is 36.2 Å². The number of hydrogen-bond acceptors (Lipinski definition) is 8. The highest BCUT2D eigenvalue weighted by Crippen LogP contribution is 2.45. The Kier molecular flexibility index (Phi) is 6.18. The molecule has 2 aliphatic rings. The van der Waals surface area contributed by atoms with Crippen LogP contribution in [-0.2, 0) is 19.7 Å². The van der Waals surface area contributed by atoms with Crippen molar-refractivity contribution in [3.05, 3.63) is 70.5 Å². The first kappa shape index (κ1) is 22.7. The number of carbonyl (C=O) groups excluding carboxylic acids is 2. The third kappa shape index (κ3) is 3.91. The molecule has 1 aromatic heterocycles. The number of piperidine rings is 1. The van der Waals surface area contributed by atoms with Crippen molar-refractivity contribution in [3.8, 4) is 11.1 Å². The number of aromatic nitrogens is 2. The summed E-state index contributed by atoms with van der Waals surface area (Å²) in [6, 6.07) is 16.8. The van der Waals surface area contributed by atoms with Crippen LogP contribution in [0.3, 0.4) is 0 Å². The van der Waals surface area contributed by atoms with Crippen molar-refractivity contribution >= 4 is 23.5 Å². The number of nitrogens with one attached hydrogen (secondary N) is 1. The minimum absolute atomic E-state index is 0.0256. The van der Waals surface area contributed by atoms with Gasteiger partial charge in [-0.2, -0.15) is 4.37 Å². The molecule has 0 amide bonds. The van der Waals surface area contributed by atoms with Crippen LogP contribution in [0.15, 0.2) is 48.5 Å². The minimum Gasteiger partial charge on any atom is -0.464 e. The molecule has 2 aromatic carbocycles. The number of esters is 2. The molecule has 2 heterocycles. The molecule has 0 radical (unpaired) electrons. The molecule has 2 atom stereocenters. The molecule has 0 spiro atoms. The van der Waals surface area contributed by atoms with Crippen molar-refractivity contribution in [1.29, 1.82) is 0 Å². The SMILES string of the molecule is CCOC(=O)c1nc([C@@]2(C(=O)OCC3c4ccccc4-c4ccccc43)CC[C@@H](C)NC2)ns1. The lowest BCUT2D eigenvalue weighted by atomic mass is 9.78. The molecule has 0 bridgehead atoms. The third-order valence-electron chi connectivity index (χ3n) is 6.79. The van der Waals surface area contributed by atoms with Gasteiger partial charge in [0.25, 0.3) is 0 Å². The second kappa shape index (κ2) is 9.27. The van der Waals surface area contributed by atoms with E-state index in [2.05, 4.69) is 45.9 Å². The second-order valence-corrected chi connectivity index (χ2v) is 9.62. The lowest BCUT2D eigenvalue weighted by Gasteiger charge is -2.36. The van der Waals surface area contributed by atoms with Gasteiger partial charge < -0.3 is 14.8 Å². The van der Waals surface area contributed by atoms with Crippen LogP contribution in [0, 0.1) is 0 Å². The summed E-state index contributed by atoms with van der Waals surface area (Å²) in [6.45, 7) is 4.68. The second-order valence-electron chi connectivity index (χ2n) is 8.87. The van der Waals surface area contributed by atoms with Crippen molar-refractivity contribution in [1.82, 2.24) is 14.7 Å². The quantitative estimate of drug-likeness (QED) is 0.535. The summed E-state index contributed by atoms with van der Waals surface area (Å²) in [5, 5.41) is 3.54. The molecular formula is C26H27N3O4S. The van der Waals surface area contributed by atoms with Gasteiger partial charge in [0.05, 0.1) is 6.61 Å². The van der Waals surface area contributed by atoms with Crippen LogP contribution in [-0.4, -0.2) is 47.1 Å². The summed E-state index contributed by atoms with van der Waals surface area (Å²) in [4.78, 5) is 30.2. The van der Waals surface area contributed by atoms with Crippen molar-refractivity contribution in [2.24, 2.45) is 0 Å². The maximum atomic E-state index is 13.7. The predicted octanol–water partition coefficient (Wildman–Crippen LogP) is 4.08. The van der Waals surface area contributed by atoms with Gasteiger partial charge >= 0.3 is 11.9 Å². The van der Waals surface area contributed by atoms with Crippen LogP contribution in [0.5, 0.6) is 0 Å². The van der Waals surface area contributed by atoms with E-state index in [1.54, 1.807) is 6.92 Å². The maximum absolute atomic E-state index is 13.7. The summed E-state index contributed by atoms with van der Waals surface area (Å²) in [5.74, 6) is -0.576. The van der Waals surface area contributed by atoms with Crippen LogP contribution in [0.2, 0.25) is 0 Å². The van der Waals surface area contributed by atoms with Crippen LogP contribution in [0.25, 0.3) is 11.1 Å². The molecule has 0 unspecified atom stereocenters. The largest absolute Gasteiger partial charge is 0.464 e. The number of rotatable bonds is 6. The van der Waals surface area contributed by atoms with E-state index >= 15 is 0 Å². The van der Waals surface area contributed by atoms with Gasteiger partial charge in [-0.15, -0.1) is 0 Å². The number of fused-ring (bicyclic) bond motifs is 3. The Morgan fingerprint density at radius 3 is 2.38 bits per heavy atom. The van der Waals surface area contributed by atoms with Crippen LogP contribution in [0.4, 0.5) is 0 Å². The molecule has 176 valence electrons. The minimum atomic E-state index is -1.04. The van der Waals surface area contributed by atoms with E-state index in [0.29, 0.717) is 18.8 Å². The summed E-state index contributed by atoms with van der Waals surface area (Å²) >= 11 is 0.962. The molecule has 1 N–H and O–H groups in total. The Labute approximate surface area is 202 Å². The Morgan fingerprint density at radius 2 is 1.76 bits per heavy atom. The molecule has 1 aliphatic carbocycles. The number of carbonyl (C=O) groups is 2. The molecule has 34 heavy (non-hydrogen) atoms. The Hall–Kier alpha value is -3.10. The van der Waals surface area contributed by atoms with Gasteiger partial charge in [0.1, 0.15) is 12.0 Å². The zero-order valence-electron chi connectivity index (χ0n) is 19.2. The predicted molar refractivity (Wildman–Crippen MR) is 129 cm³/mol. The lowest BCUT2D eigenvalue weighted by Crippen LogP contribution is -2.53. The van der Waals surface area contributed by atoms with Gasteiger partial charge in [-0.05, 0) is 60.5 Å². The average molecular weight is 478 g/mol. The lowest BCUT2D eigenvalue weighted by molar-refractivity contribution is -0.152. The summed E-state index contributed by atoms with van der Waals surface area (Å²) in [6.07, 6.45) is 1.33. The van der Waals surface area contributed by atoms with E-state index in [1.165, 1.54) is 11.1 Å². The Morgan fingerprint density at radius 1 is 1.09 bits per heavy atom. The molecule has 1 aliphatic heterocycles. The van der Waals surface area contributed by atoms with Gasteiger partial charge in [0.2, 0.25) is 5.01 Å². The summed E-state index contributed by atoms with van der Waals surface area (Å²) in [5.41, 5.74) is 3.66. The fourth-order valence-corrected chi connectivity index (χ4v) is 5.54. The molecule has 1 fully saturated rings. The molecule has 0 saturated carbocycles. The molecule has 1 saturated heterocycles. The number of hydrogen-bond donors (Lipinski definition) is 1. The smallest absolute Gasteiger partial charge is 0.369 e. The highest BCUT2D eigenvalue weighted by Gasteiger charge is 2.48. The number of ether oxygens (including phenoxy) is 2. The van der Waals surface area contributed by atoms with E-state index in [1.807, 2.05) is 24.3 Å². The molecular weight excluding hydrogens is 450 g/mol. The number of benzene rings is 2. The van der Waals surface area contributed by atoms with Gasteiger partial charge in [0, 0.05) is 18.5 Å². The Balaban J connectivity index is 1.41. The number of nitrogens with zero attached hydrogens (tertiary/aromatic N) is 2. The molecule has 3 aromatic rings. The zero-order chi connectivity index (χ0) is 23.7. The van der Waals surface area contributed by atoms with Crippen molar-refractivity contribution in [2.75, 3.05) is 19.8 Å². The fourth-order valence-electron chi connectivity index (χ4n) is 4.89. The van der Waals surface area contributed by atoms with Crippen molar-refractivity contribution in [2.45, 2.75) is 44.1 Å². The zero-order valence-corrected chi connectivity index (χ0v) is 20.1. The highest BCUT2D eigenvalue weighted by molar-refractivity contribution is 7.07. The third-order valence-corrected chi connectivity index (χ3v) is 7.49. The van der Waals surface area contributed by atoms with Crippen LogP contribution >= 0.6 is 11.5 Å². The normalized spacial score (nSPS) is 21.5. The topological polar surface area (TPSA) is 90.4 Å². The highest BCUT2D eigenvalue weighted by atomic mass is 32.1. The van der Waals surface area contributed by atoms with Crippen LogP contribution < -0.4 is 5.32 Å². The van der Waals surface area contributed by atoms with Gasteiger partial charge in [0.15, 0.2) is 5.82 Å². The first-order valence-electron chi connectivity index (χ1n) is 11.6. The van der Waals surface area contributed by atoms with E-state index in [0.717, 1.165) is 29.1 Å². The Bertz CT molecular complexity index is 1170. The molecule has 7 nitrogen and oxygen atoms in total. The van der Waals surface area contributed by atoms with Crippen molar-refractivity contribution in [3.63, 3.8) is 0 Å². The van der Waals surface area contributed by atoms with E-state index in [4.69, 9.17) is 9.47 Å². The van der Waals surface area contributed by atoms with E-state index < -0.39 is 11.4 Å². The van der Waals surface area contributed by atoms with Gasteiger partial charge in [-0.1, -0.05) is 48.5 Å². The fraction of sp³-hybridized carbons (Fsp3) is 0.385. The van der Waals surface area contributed by atoms with Gasteiger partial charge in [-0.25, -0.2) is 9.78 Å². The first-order valence-corrected chi connectivity index (χ1v) is 12.4. The summed E-state index contributed by atoms with van der Waals surface area (Å²) in [7, 11) is 0. The average Bonchev–Trinajstić information content (AvgIpc) is 3.48.